The van der Waals surface area contributed by atoms with Crippen LogP contribution in [0.1, 0.15) is 13.3 Å². The van der Waals surface area contributed by atoms with Crippen LogP contribution in [0.15, 0.2) is 6.20 Å². The summed E-state index contributed by atoms with van der Waals surface area (Å²) >= 11 is 7.63. The van der Waals surface area contributed by atoms with Crippen molar-refractivity contribution in [1.82, 2.24) is 9.97 Å². The van der Waals surface area contributed by atoms with Crippen LogP contribution in [0.4, 0.5) is 11.5 Å². The monoisotopic (exact) mass is 288 g/mol. The fraction of sp³-hybridized carbons (Fsp3) is 0.600. The van der Waals surface area contributed by atoms with Gasteiger partial charge in [0.1, 0.15) is 6.20 Å². The summed E-state index contributed by atoms with van der Waals surface area (Å²) in [6, 6.07) is 0. The third-order valence-corrected chi connectivity index (χ3v) is 4.37. The molecule has 1 atom stereocenters. The van der Waals surface area contributed by atoms with Gasteiger partial charge in [-0.3, -0.25) is 10.1 Å². The normalized spacial score (nSPS) is 19.9. The SMILES string of the molecule is CCC1CN(c2nc(Cl)ncc2[N+](=O)[O-])CCS1. The van der Waals surface area contributed by atoms with Gasteiger partial charge in [0.25, 0.3) is 0 Å². The van der Waals surface area contributed by atoms with Crippen molar-refractivity contribution in [2.24, 2.45) is 0 Å². The Bertz CT molecular complexity index is 460. The third-order valence-electron chi connectivity index (χ3n) is 2.81. The lowest BCUT2D eigenvalue weighted by atomic mass is 10.3. The van der Waals surface area contributed by atoms with Gasteiger partial charge in [-0.1, -0.05) is 6.92 Å². The topological polar surface area (TPSA) is 72.2 Å². The zero-order chi connectivity index (χ0) is 13.1. The molecule has 0 N–H and O–H groups in total. The van der Waals surface area contributed by atoms with Crippen LogP contribution in [-0.4, -0.2) is 39.0 Å². The number of halogens is 1. The second-order valence-electron chi connectivity index (χ2n) is 3.95. The lowest BCUT2D eigenvalue weighted by Crippen LogP contribution is -2.38. The van der Waals surface area contributed by atoms with E-state index in [2.05, 4.69) is 16.9 Å². The van der Waals surface area contributed by atoms with Gasteiger partial charge in [0.15, 0.2) is 0 Å². The van der Waals surface area contributed by atoms with E-state index < -0.39 is 4.92 Å². The predicted molar refractivity (Wildman–Crippen MR) is 72.4 cm³/mol. The second-order valence-corrected chi connectivity index (χ2v) is 5.70. The molecular weight excluding hydrogens is 276 g/mol. The lowest BCUT2D eigenvalue weighted by molar-refractivity contribution is -0.384. The number of aromatic nitrogens is 2. The molecule has 8 heteroatoms. The third kappa shape index (κ3) is 2.84. The van der Waals surface area contributed by atoms with E-state index in [1.165, 1.54) is 6.20 Å². The van der Waals surface area contributed by atoms with Crippen molar-refractivity contribution in [1.29, 1.82) is 0 Å². The minimum Gasteiger partial charge on any atom is -0.349 e. The van der Waals surface area contributed by atoms with E-state index in [1.807, 2.05) is 16.7 Å². The first-order valence-corrected chi connectivity index (χ1v) is 7.08. The molecule has 18 heavy (non-hydrogen) atoms. The molecule has 98 valence electrons. The van der Waals surface area contributed by atoms with Gasteiger partial charge in [-0.25, -0.2) is 4.98 Å². The van der Waals surface area contributed by atoms with Gasteiger partial charge in [0.2, 0.25) is 11.1 Å². The maximum absolute atomic E-state index is 11.0. The Labute approximate surface area is 114 Å². The molecule has 1 fully saturated rings. The van der Waals surface area contributed by atoms with E-state index in [9.17, 15) is 10.1 Å². The molecule has 0 amide bonds. The second kappa shape index (κ2) is 5.71. The average molecular weight is 289 g/mol. The summed E-state index contributed by atoms with van der Waals surface area (Å²) in [5.41, 5.74) is -0.0823. The van der Waals surface area contributed by atoms with Crippen molar-refractivity contribution >= 4 is 34.9 Å². The molecule has 0 aliphatic carbocycles. The quantitative estimate of drug-likeness (QED) is 0.483. The van der Waals surface area contributed by atoms with Crippen LogP contribution < -0.4 is 4.90 Å². The van der Waals surface area contributed by atoms with E-state index in [0.29, 0.717) is 11.1 Å². The molecule has 2 rings (SSSR count). The number of nitrogens with zero attached hydrogens (tertiary/aromatic N) is 4. The highest BCUT2D eigenvalue weighted by molar-refractivity contribution is 8.00. The van der Waals surface area contributed by atoms with Crippen molar-refractivity contribution in [3.63, 3.8) is 0 Å². The van der Waals surface area contributed by atoms with Crippen molar-refractivity contribution < 1.29 is 4.92 Å². The number of hydrogen-bond donors (Lipinski definition) is 0. The van der Waals surface area contributed by atoms with Gasteiger partial charge in [0.05, 0.1) is 4.92 Å². The fourth-order valence-corrected chi connectivity index (χ4v) is 3.17. The molecule has 1 aromatic heterocycles. The fourth-order valence-electron chi connectivity index (χ4n) is 1.87. The van der Waals surface area contributed by atoms with E-state index >= 15 is 0 Å². The number of thioether (sulfide) groups is 1. The zero-order valence-corrected chi connectivity index (χ0v) is 11.4. The Balaban J connectivity index is 2.31. The molecule has 1 aliphatic rings. The van der Waals surface area contributed by atoms with E-state index in [0.717, 1.165) is 25.3 Å². The summed E-state index contributed by atoms with van der Waals surface area (Å²) in [4.78, 5) is 20.1. The van der Waals surface area contributed by atoms with Gasteiger partial charge in [-0.15, -0.1) is 0 Å². The molecule has 0 saturated carbocycles. The van der Waals surface area contributed by atoms with E-state index in [-0.39, 0.29) is 11.0 Å². The molecule has 0 aromatic carbocycles. The van der Waals surface area contributed by atoms with Crippen LogP contribution in [-0.2, 0) is 0 Å². The summed E-state index contributed by atoms with van der Waals surface area (Å²) in [5.74, 6) is 1.27. The number of anilines is 1. The summed E-state index contributed by atoms with van der Waals surface area (Å²) in [6.45, 7) is 3.62. The van der Waals surface area contributed by atoms with Gasteiger partial charge in [0, 0.05) is 24.1 Å². The van der Waals surface area contributed by atoms with Crippen molar-refractivity contribution in [2.45, 2.75) is 18.6 Å². The van der Waals surface area contributed by atoms with Crippen molar-refractivity contribution in [3.8, 4) is 0 Å². The number of hydrogen-bond acceptors (Lipinski definition) is 6. The minimum atomic E-state index is -0.464. The van der Waals surface area contributed by atoms with E-state index in [4.69, 9.17) is 11.6 Å². The minimum absolute atomic E-state index is 0.0434. The largest absolute Gasteiger partial charge is 0.349 e. The van der Waals surface area contributed by atoms with Crippen LogP contribution >= 0.6 is 23.4 Å². The first-order chi connectivity index (χ1) is 8.61. The van der Waals surface area contributed by atoms with Crippen molar-refractivity contribution in [2.75, 3.05) is 23.7 Å². The van der Waals surface area contributed by atoms with Crippen molar-refractivity contribution in [3.05, 3.63) is 21.6 Å². The highest BCUT2D eigenvalue weighted by Crippen LogP contribution is 2.30. The molecule has 1 saturated heterocycles. The molecule has 1 aromatic rings. The summed E-state index contributed by atoms with van der Waals surface area (Å²) in [6.07, 6.45) is 2.21. The smallest absolute Gasteiger partial charge is 0.329 e. The highest BCUT2D eigenvalue weighted by Gasteiger charge is 2.27. The first kappa shape index (κ1) is 13.4. The van der Waals surface area contributed by atoms with Gasteiger partial charge in [-0.05, 0) is 18.0 Å². The van der Waals surface area contributed by atoms with Gasteiger partial charge < -0.3 is 4.90 Å². The van der Waals surface area contributed by atoms with Crippen LogP contribution in [0.2, 0.25) is 5.28 Å². The predicted octanol–water partition coefficient (Wildman–Crippen LogP) is 2.37. The zero-order valence-electron chi connectivity index (χ0n) is 9.87. The molecule has 2 heterocycles. The number of rotatable bonds is 3. The van der Waals surface area contributed by atoms with Crippen LogP contribution in [0, 0.1) is 10.1 Å². The standard InChI is InChI=1S/C10H13ClN4O2S/c1-2-7-6-14(3-4-18-7)9-8(15(16)17)5-12-10(11)13-9/h5,7H,2-4,6H2,1H3. The molecule has 0 radical (unpaired) electrons. The Morgan fingerprint density at radius 1 is 1.72 bits per heavy atom. The maximum atomic E-state index is 11.0. The van der Waals surface area contributed by atoms with Crippen LogP contribution in [0.25, 0.3) is 0 Å². The molecule has 0 spiro atoms. The molecule has 1 aliphatic heterocycles. The Morgan fingerprint density at radius 2 is 2.50 bits per heavy atom. The van der Waals surface area contributed by atoms with Crippen LogP contribution in [0.3, 0.4) is 0 Å². The molecular formula is C10H13ClN4O2S. The Morgan fingerprint density at radius 3 is 3.17 bits per heavy atom. The Kier molecular flexibility index (Phi) is 4.23. The summed E-state index contributed by atoms with van der Waals surface area (Å²) in [5, 5.41) is 11.5. The lowest BCUT2D eigenvalue weighted by Gasteiger charge is -2.32. The molecule has 0 bridgehead atoms. The maximum Gasteiger partial charge on any atom is 0.329 e. The molecule has 1 unspecified atom stereocenters. The average Bonchev–Trinajstić information content (AvgIpc) is 2.38. The first-order valence-electron chi connectivity index (χ1n) is 5.65. The molecule has 6 nitrogen and oxygen atoms in total. The summed E-state index contributed by atoms with van der Waals surface area (Å²) in [7, 11) is 0. The van der Waals surface area contributed by atoms with Crippen LogP contribution in [0.5, 0.6) is 0 Å². The summed E-state index contributed by atoms with van der Waals surface area (Å²) < 4.78 is 0. The van der Waals surface area contributed by atoms with Gasteiger partial charge in [-0.2, -0.15) is 16.7 Å². The number of nitro groups is 1. The highest BCUT2D eigenvalue weighted by atomic mass is 35.5. The van der Waals surface area contributed by atoms with Gasteiger partial charge >= 0.3 is 5.69 Å². The van der Waals surface area contributed by atoms with E-state index in [1.54, 1.807) is 0 Å². The Hall–Kier alpha value is -1.08.